The highest BCUT2D eigenvalue weighted by Crippen LogP contribution is 2.28. The molecule has 1 saturated heterocycles. The van der Waals surface area contributed by atoms with Gasteiger partial charge >= 0.3 is 15.5 Å². The highest BCUT2D eigenvalue weighted by molar-refractivity contribution is 14.0. The lowest BCUT2D eigenvalue weighted by molar-refractivity contribution is -0.0494. The van der Waals surface area contributed by atoms with Crippen molar-refractivity contribution in [3.63, 3.8) is 0 Å². The molecule has 170 valence electrons. The number of alkyl halides is 3. The smallest absolute Gasteiger partial charge is 0.355 e. The van der Waals surface area contributed by atoms with Crippen molar-refractivity contribution in [2.45, 2.75) is 24.4 Å². The van der Waals surface area contributed by atoms with Crippen LogP contribution in [0.4, 0.5) is 13.2 Å². The molecule has 0 saturated carbocycles. The third-order valence-corrected chi connectivity index (χ3v) is 6.02. The summed E-state index contributed by atoms with van der Waals surface area (Å²) in [5.74, 6) is 0.227. The summed E-state index contributed by atoms with van der Waals surface area (Å²) < 4.78 is 61.2. The average Bonchev–Trinajstić information content (AvgIpc) is 2.70. The van der Waals surface area contributed by atoms with Crippen LogP contribution in [0.5, 0.6) is 0 Å². The lowest BCUT2D eigenvalue weighted by Gasteiger charge is -2.32. The normalized spacial score (nSPS) is 16.5. The van der Waals surface area contributed by atoms with Gasteiger partial charge in [-0.1, -0.05) is 18.2 Å². The van der Waals surface area contributed by atoms with Crippen molar-refractivity contribution in [1.29, 1.82) is 0 Å². The van der Waals surface area contributed by atoms with Gasteiger partial charge in [0.1, 0.15) is 0 Å². The van der Waals surface area contributed by atoms with Crippen LogP contribution in [-0.4, -0.2) is 69.4 Å². The zero-order chi connectivity index (χ0) is 21.5. The van der Waals surface area contributed by atoms with Gasteiger partial charge in [0, 0.05) is 44.8 Å². The van der Waals surface area contributed by atoms with Crippen LogP contribution in [0.2, 0.25) is 0 Å². The van der Waals surface area contributed by atoms with E-state index in [1.165, 1.54) is 0 Å². The first-order valence-corrected chi connectivity index (χ1v) is 10.5. The van der Waals surface area contributed by atoms with E-state index in [9.17, 15) is 26.4 Å². The number of rotatable bonds is 6. The maximum absolute atomic E-state index is 12.6. The Balaban J connectivity index is 0.00000450. The van der Waals surface area contributed by atoms with Gasteiger partial charge < -0.3 is 16.0 Å². The fourth-order valence-electron chi connectivity index (χ4n) is 2.82. The summed E-state index contributed by atoms with van der Waals surface area (Å²) in [6.45, 7) is 0.295. The van der Waals surface area contributed by atoms with E-state index in [0.29, 0.717) is 28.9 Å². The summed E-state index contributed by atoms with van der Waals surface area (Å²) in [6.07, 6.45) is 0.446. The molecule has 0 radical (unpaired) electrons. The number of sulfonamides is 1. The van der Waals surface area contributed by atoms with E-state index >= 15 is 0 Å². The number of carbonyl (C=O) groups excluding carboxylic acids is 1. The molecule has 0 aromatic heterocycles. The van der Waals surface area contributed by atoms with Gasteiger partial charge in [-0.25, -0.2) is 8.42 Å². The van der Waals surface area contributed by atoms with Gasteiger partial charge in [0.05, 0.1) is 0 Å². The lowest BCUT2D eigenvalue weighted by Crippen LogP contribution is -2.52. The third kappa shape index (κ3) is 7.27. The Labute approximate surface area is 190 Å². The van der Waals surface area contributed by atoms with Gasteiger partial charge in [-0.05, 0) is 25.0 Å². The molecule has 0 spiro atoms. The predicted octanol–water partition coefficient (Wildman–Crippen LogP) is 1.51. The largest absolute Gasteiger partial charge is 0.511 e. The zero-order valence-electron chi connectivity index (χ0n) is 16.3. The number of benzene rings is 1. The minimum Gasteiger partial charge on any atom is -0.355 e. The number of nitrogens with one attached hydrogen (secondary N) is 3. The van der Waals surface area contributed by atoms with E-state index in [0.717, 1.165) is 0 Å². The molecule has 3 N–H and O–H groups in total. The average molecular weight is 563 g/mol. The topological polar surface area (TPSA) is 103 Å². The van der Waals surface area contributed by atoms with Crippen molar-refractivity contribution in [3.05, 3.63) is 35.9 Å². The first-order valence-electron chi connectivity index (χ1n) is 9.02. The van der Waals surface area contributed by atoms with Crippen LogP contribution >= 0.6 is 24.0 Å². The van der Waals surface area contributed by atoms with E-state index in [-0.39, 0.29) is 61.9 Å². The summed E-state index contributed by atoms with van der Waals surface area (Å²) in [5.41, 5.74) is -4.73. The number of nitrogens with zero attached hydrogens (tertiary/aromatic N) is 2. The molecule has 1 amide bonds. The number of aliphatic imine (C=N–C) groups is 1. The monoisotopic (exact) mass is 563 g/mol. The quantitative estimate of drug-likeness (QED) is 0.211. The predicted molar refractivity (Wildman–Crippen MR) is 118 cm³/mol. The fraction of sp³-hybridized carbons (Fsp3) is 0.529. The molecule has 1 aliphatic rings. The van der Waals surface area contributed by atoms with E-state index in [4.69, 9.17) is 0 Å². The number of guanidine groups is 1. The summed E-state index contributed by atoms with van der Waals surface area (Å²) in [6, 6.07) is 8.55. The number of halogens is 4. The number of carbonyl (C=O) groups is 1. The Morgan fingerprint density at radius 1 is 1.13 bits per heavy atom. The molecule has 1 heterocycles. The molecular formula is C17H25F3IN5O3S. The van der Waals surface area contributed by atoms with Crippen LogP contribution in [0, 0.1) is 0 Å². The highest BCUT2D eigenvalue weighted by Gasteiger charge is 2.50. The van der Waals surface area contributed by atoms with Crippen molar-refractivity contribution in [2.24, 2.45) is 4.99 Å². The molecule has 0 unspecified atom stereocenters. The molecule has 1 aliphatic heterocycles. The number of hydrogen-bond donors (Lipinski definition) is 3. The van der Waals surface area contributed by atoms with Crippen molar-refractivity contribution in [1.82, 2.24) is 20.3 Å². The maximum Gasteiger partial charge on any atom is 0.511 e. The minimum atomic E-state index is -5.29. The molecule has 0 aliphatic carbocycles. The van der Waals surface area contributed by atoms with E-state index < -0.39 is 15.5 Å². The van der Waals surface area contributed by atoms with Crippen molar-refractivity contribution < 1.29 is 26.4 Å². The zero-order valence-corrected chi connectivity index (χ0v) is 19.4. The first-order chi connectivity index (χ1) is 13.6. The van der Waals surface area contributed by atoms with E-state index in [1.807, 2.05) is 6.07 Å². The van der Waals surface area contributed by atoms with E-state index in [2.05, 4.69) is 20.9 Å². The van der Waals surface area contributed by atoms with Gasteiger partial charge in [0.2, 0.25) is 0 Å². The summed E-state index contributed by atoms with van der Waals surface area (Å²) >= 11 is 0. The summed E-state index contributed by atoms with van der Waals surface area (Å²) in [7, 11) is -3.74. The Bertz CT molecular complexity index is 814. The second-order valence-corrected chi connectivity index (χ2v) is 8.32. The molecule has 1 aromatic carbocycles. The molecule has 1 fully saturated rings. The Morgan fingerprint density at radius 2 is 1.70 bits per heavy atom. The Morgan fingerprint density at radius 3 is 2.23 bits per heavy atom. The van der Waals surface area contributed by atoms with Crippen LogP contribution in [0.25, 0.3) is 0 Å². The second kappa shape index (κ2) is 11.7. The maximum atomic E-state index is 12.6. The molecule has 0 bridgehead atoms. The standard InChI is InChI=1S/C17H24F3N5O3S.HI/c1-21-16(23-10-9-22-15(26)13-5-3-2-4-6-13)24-14-7-11-25(12-8-14)29(27,28)17(18,19)20;/h2-6,14H,7-12H2,1H3,(H,22,26)(H2,21,23,24);1H. The first kappa shape index (κ1) is 26.4. The molecule has 8 nitrogen and oxygen atoms in total. The van der Waals surface area contributed by atoms with Crippen LogP contribution in [0.3, 0.4) is 0 Å². The molecular weight excluding hydrogens is 538 g/mol. The van der Waals surface area contributed by atoms with Gasteiger partial charge in [0.15, 0.2) is 5.96 Å². The van der Waals surface area contributed by atoms with Crippen molar-refractivity contribution in [3.8, 4) is 0 Å². The lowest BCUT2D eigenvalue weighted by atomic mass is 10.1. The summed E-state index contributed by atoms with van der Waals surface area (Å²) in [4.78, 5) is 16.0. The van der Waals surface area contributed by atoms with Gasteiger partial charge in [0.25, 0.3) is 5.91 Å². The van der Waals surface area contributed by atoms with Crippen LogP contribution in [0.1, 0.15) is 23.2 Å². The Kier molecular flexibility index (Phi) is 10.3. The highest BCUT2D eigenvalue weighted by atomic mass is 127. The fourth-order valence-corrected chi connectivity index (χ4v) is 3.81. The SMILES string of the molecule is CN=C(NCCNC(=O)c1ccccc1)NC1CCN(S(=O)(=O)C(F)(F)F)CC1.I. The van der Waals surface area contributed by atoms with Crippen LogP contribution < -0.4 is 16.0 Å². The van der Waals surface area contributed by atoms with Crippen LogP contribution in [-0.2, 0) is 10.0 Å². The number of amides is 1. The molecule has 13 heteroatoms. The third-order valence-electron chi connectivity index (χ3n) is 4.39. The second-order valence-electron chi connectivity index (χ2n) is 6.39. The minimum absolute atomic E-state index is 0. The molecule has 2 rings (SSSR count). The molecule has 1 aromatic rings. The van der Waals surface area contributed by atoms with Crippen molar-refractivity contribution >= 4 is 45.9 Å². The van der Waals surface area contributed by atoms with Crippen molar-refractivity contribution in [2.75, 3.05) is 33.2 Å². The van der Waals surface area contributed by atoms with Gasteiger partial charge in [-0.3, -0.25) is 9.79 Å². The summed E-state index contributed by atoms with van der Waals surface area (Å²) in [5, 5.41) is 8.82. The van der Waals surface area contributed by atoms with Crippen LogP contribution in [0.15, 0.2) is 35.3 Å². The number of piperidine rings is 1. The van der Waals surface area contributed by atoms with E-state index in [1.54, 1.807) is 31.3 Å². The molecule has 0 atom stereocenters. The Hall–Kier alpha value is -1.61. The molecule has 30 heavy (non-hydrogen) atoms. The van der Waals surface area contributed by atoms with Gasteiger partial charge in [-0.2, -0.15) is 17.5 Å². The number of hydrogen-bond acceptors (Lipinski definition) is 4. The van der Waals surface area contributed by atoms with Gasteiger partial charge in [-0.15, -0.1) is 24.0 Å².